The summed E-state index contributed by atoms with van der Waals surface area (Å²) in [4.78, 5) is 34.8. The minimum atomic E-state index is -1.14. The molecule has 170 valence electrons. The Morgan fingerprint density at radius 1 is 1.06 bits per heavy atom. The van der Waals surface area contributed by atoms with E-state index in [0.717, 1.165) is 5.39 Å². The number of carbonyl (C=O) groups excluding carboxylic acids is 2. The number of primary amides is 1. The van der Waals surface area contributed by atoms with E-state index in [9.17, 15) is 18.8 Å². The van der Waals surface area contributed by atoms with Crippen LogP contribution in [0.5, 0.6) is 5.75 Å². The van der Waals surface area contributed by atoms with Gasteiger partial charge in [-0.3, -0.25) is 9.59 Å². The number of hydrogen-bond acceptors (Lipinski definition) is 4. The van der Waals surface area contributed by atoms with Crippen molar-refractivity contribution in [2.45, 2.75) is 13.8 Å². The number of halogens is 1. The molecule has 1 amide bonds. The molecule has 0 radical (unpaired) electrons. The van der Waals surface area contributed by atoms with Gasteiger partial charge in [-0.05, 0) is 36.9 Å². The van der Waals surface area contributed by atoms with Crippen molar-refractivity contribution in [2.24, 2.45) is 12.8 Å². The molecule has 1 aromatic heterocycles. The van der Waals surface area contributed by atoms with Crippen LogP contribution in [0.1, 0.15) is 21.6 Å². The second-order valence-electron chi connectivity index (χ2n) is 7.47. The Morgan fingerprint density at radius 3 is 2.27 bits per heavy atom. The molecule has 0 saturated heterocycles. The topological polar surface area (TPSA) is 112 Å². The number of carboxylic acid groups (broad SMARTS) is 1. The number of aryl methyl sites for hydroxylation is 2. The molecule has 8 heteroatoms. The quantitative estimate of drug-likeness (QED) is 0.354. The highest BCUT2D eigenvalue weighted by Crippen LogP contribution is 2.39. The second kappa shape index (κ2) is 9.52. The van der Waals surface area contributed by atoms with Crippen LogP contribution in [-0.2, 0) is 16.6 Å². The molecule has 0 spiro atoms. The number of nitrogens with zero attached hydrogens (tertiary/aromatic N) is 1. The summed E-state index contributed by atoms with van der Waals surface area (Å²) in [5.41, 5.74) is 7.23. The summed E-state index contributed by atoms with van der Waals surface area (Å²) in [6.45, 7) is 2.87. The molecule has 7 nitrogen and oxygen atoms in total. The van der Waals surface area contributed by atoms with Crippen molar-refractivity contribution < 1.29 is 28.6 Å². The maximum atomic E-state index is 12.4. The number of hydrogen-bond donors (Lipinski definition) is 2. The van der Waals surface area contributed by atoms with E-state index in [4.69, 9.17) is 15.6 Å². The van der Waals surface area contributed by atoms with Crippen LogP contribution in [0.4, 0.5) is 4.39 Å². The standard InChI is InChI=1S/C18H16N2O5.C7H7F/c1-9-14(16(23)18(19)24)15-12(20(9)2)7-10-5-3-4-6-11(10)17(15)25-8-13(21)22;1-6-4-2-3-5-7(6)8/h3-7H,8H2,1-2H3,(H2,19,24)(H,21,22);2-5H,1H3. The molecule has 3 aromatic carbocycles. The molecule has 33 heavy (non-hydrogen) atoms. The number of nitrogens with two attached hydrogens (primary N) is 1. The number of aromatic nitrogens is 1. The lowest BCUT2D eigenvalue weighted by atomic mass is 10.0. The predicted octanol–water partition coefficient (Wildman–Crippen LogP) is 3.91. The first-order valence-electron chi connectivity index (χ1n) is 10.0. The minimum absolute atomic E-state index is 0.132. The highest BCUT2D eigenvalue weighted by Gasteiger charge is 2.26. The van der Waals surface area contributed by atoms with Gasteiger partial charge < -0.3 is 20.1 Å². The fourth-order valence-electron chi connectivity index (χ4n) is 3.57. The van der Waals surface area contributed by atoms with Gasteiger partial charge in [-0.15, -0.1) is 0 Å². The fourth-order valence-corrected chi connectivity index (χ4v) is 3.57. The summed E-state index contributed by atoms with van der Waals surface area (Å²) in [6, 6.07) is 15.8. The molecule has 0 aliphatic rings. The Kier molecular flexibility index (Phi) is 6.77. The van der Waals surface area contributed by atoms with Crippen molar-refractivity contribution in [2.75, 3.05) is 6.61 Å². The van der Waals surface area contributed by atoms with Gasteiger partial charge in [-0.25, -0.2) is 9.18 Å². The number of carboxylic acids is 1. The van der Waals surface area contributed by atoms with Gasteiger partial charge in [0.2, 0.25) is 0 Å². The van der Waals surface area contributed by atoms with Crippen LogP contribution in [0.2, 0.25) is 0 Å². The molecule has 0 fully saturated rings. The first-order valence-corrected chi connectivity index (χ1v) is 10.0. The van der Waals surface area contributed by atoms with Crippen LogP contribution in [0.25, 0.3) is 21.7 Å². The summed E-state index contributed by atoms with van der Waals surface area (Å²) in [7, 11) is 1.76. The van der Waals surface area contributed by atoms with Gasteiger partial charge in [-0.2, -0.15) is 0 Å². The largest absolute Gasteiger partial charge is 0.481 e. The first-order chi connectivity index (χ1) is 15.6. The number of carbonyl (C=O) groups is 3. The Hall–Kier alpha value is -4.20. The van der Waals surface area contributed by atoms with E-state index in [-0.39, 0.29) is 17.1 Å². The second-order valence-corrected chi connectivity index (χ2v) is 7.47. The van der Waals surface area contributed by atoms with Gasteiger partial charge in [0.25, 0.3) is 11.7 Å². The van der Waals surface area contributed by atoms with Crippen LogP contribution < -0.4 is 10.5 Å². The highest BCUT2D eigenvalue weighted by molar-refractivity contribution is 6.45. The first kappa shape index (κ1) is 23.5. The molecule has 0 saturated carbocycles. The molecule has 0 bridgehead atoms. The van der Waals surface area contributed by atoms with Crippen LogP contribution in [0.15, 0.2) is 54.6 Å². The van der Waals surface area contributed by atoms with Crippen LogP contribution >= 0.6 is 0 Å². The number of benzene rings is 3. The van der Waals surface area contributed by atoms with Crippen molar-refractivity contribution in [1.29, 1.82) is 0 Å². The number of ketones is 1. The summed E-state index contributed by atoms with van der Waals surface area (Å²) < 4.78 is 19.6. The monoisotopic (exact) mass is 450 g/mol. The molecular formula is C25H23FN2O5. The van der Waals surface area contributed by atoms with Crippen molar-refractivity contribution in [3.8, 4) is 5.75 Å². The van der Waals surface area contributed by atoms with Crippen molar-refractivity contribution in [1.82, 2.24) is 4.57 Å². The van der Waals surface area contributed by atoms with Gasteiger partial charge in [0.15, 0.2) is 6.61 Å². The molecule has 0 atom stereocenters. The molecular weight excluding hydrogens is 427 g/mol. The average Bonchev–Trinajstić information content (AvgIpc) is 3.03. The Morgan fingerprint density at radius 2 is 1.70 bits per heavy atom. The van der Waals surface area contributed by atoms with E-state index in [1.807, 2.05) is 24.3 Å². The average molecular weight is 450 g/mol. The van der Waals surface area contributed by atoms with Crippen molar-refractivity contribution in [3.63, 3.8) is 0 Å². The Labute approximate surface area is 189 Å². The summed E-state index contributed by atoms with van der Waals surface area (Å²) in [5.74, 6) is -2.93. The molecule has 0 aliphatic carbocycles. The molecule has 4 rings (SSSR count). The lowest BCUT2D eigenvalue weighted by Gasteiger charge is -2.11. The summed E-state index contributed by atoms with van der Waals surface area (Å²) in [5, 5.41) is 10.8. The third kappa shape index (κ3) is 4.69. The van der Waals surface area contributed by atoms with E-state index >= 15 is 0 Å². The van der Waals surface area contributed by atoms with E-state index in [2.05, 4.69) is 0 Å². The number of ether oxygens (including phenoxy) is 1. The molecule has 0 aliphatic heterocycles. The highest BCUT2D eigenvalue weighted by atomic mass is 19.1. The zero-order valence-electron chi connectivity index (χ0n) is 18.4. The molecule has 4 aromatic rings. The normalized spacial score (nSPS) is 10.5. The molecule has 0 unspecified atom stereocenters. The third-order valence-electron chi connectivity index (χ3n) is 5.32. The number of rotatable bonds is 5. The molecule has 3 N–H and O–H groups in total. The van der Waals surface area contributed by atoms with E-state index in [0.29, 0.717) is 27.5 Å². The van der Waals surface area contributed by atoms with E-state index in [1.54, 1.807) is 49.7 Å². The Bertz CT molecular complexity index is 1370. The predicted molar refractivity (Wildman–Crippen MR) is 123 cm³/mol. The van der Waals surface area contributed by atoms with E-state index in [1.165, 1.54) is 6.07 Å². The number of Topliss-reactive ketones (excluding diaryl/α,β-unsaturated/α-hetero) is 1. The number of aliphatic carboxylic acids is 1. The lowest BCUT2D eigenvalue weighted by Crippen LogP contribution is -2.23. The van der Waals surface area contributed by atoms with Crippen LogP contribution in [-0.4, -0.2) is 33.9 Å². The summed E-state index contributed by atoms with van der Waals surface area (Å²) in [6.07, 6.45) is 0. The maximum absolute atomic E-state index is 12.4. The van der Waals surface area contributed by atoms with E-state index < -0.39 is 24.3 Å². The van der Waals surface area contributed by atoms with Crippen molar-refractivity contribution in [3.05, 3.63) is 77.2 Å². The Balaban J connectivity index is 0.000000323. The van der Waals surface area contributed by atoms with Crippen LogP contribution in [0.3, 0.4) is 0 Å². The SMILES string of the molecule is Cc1c(C(=O)C(N)=O)c2c(OCC(=O)O)c3ccccc3cc2n1C.Cc1ccccc1F. The van der Waals surface area contributed by atoms with Crippen molar-refractivity contribution >= 4 is 39.3 Å². The van der Waals surface area contributed by atoms with Crippen LogP contribution in [0, 0.1) is 19.7 Å². The minimum Gasteiger partial charge on any atom is -0.481 e. The molecule has 1 heterocycles. The number of amides is 1. The van der Waals surface area contributed by atoms with Gasteiger partial charge in [0, 0.05) is 18.1 Å². The maximum Gasteiger partial charge on any atom is 0.341 e. The van der Waals surface area contributed by atoms with Gasteiger partial charge >= 0.3 is 5.97 Å². The lowest BCUT2D eigenvalue weighted by molar-refractivity contribution is -0.139. The van der Waals surface area contributed by atoms with Gasteiger partial charge in [0.05, 0.1) is 16.5 Å². The summed E-state index contributed by atoms with van der Waals surface area (Å²) >= 11 is 0. The van der Waals surface area contributed by atoms with Gasteiger partial charge in [0.1, 0.15) is 11.6 Å². The zero-order chi connectivity index (χ0) is 24.3. The fraction of sp³-hybridized carbons (Fsp3) is 0.160. The third-order valence-corrected chi connectivity index (χ3v) is 5.32. The smallest absolute Gasteiger partial charge is 0.341 e. The number of fused-ring (bicyclic) bond motifs is 2. The van der Waals surface area contributed by atoms with Gasteiger partial charge in [-0.1, -0.05) is 42.5 Å². The zero-order valence-corrected chi connectivity index (χ0v) is 18.4.